The number of hydrogen-bond acceptors (Lipinski definition) is 4. The molecule has 0 saturated carbocycles. The average molecular weight is 375 g/mol. The van der Waals surface area contributed by atoms with Gasteiger partial charge in [-0.15, -0.1) is 11.3 Å². The van der Waals surface area contributed by atoms with Gasteiger partial charge in [0.25, 0.3) is 0 Å². The zero-order valence-electron chi connectivity index (χ0n) is 15.9. The van der Waals surface area contributed by atoms with Gasteiger partial charge in [0.2, 0.25) is 0 Å². The van der Waals surface area contributed by atoms with Gasteiger partial charge in [-0.1, -0.05) is 12.5 Å². The fraction of sp³-hybridized carbons (Fsp3) is 0.550. The van der Waals surface area contributed by atoms with Crippen LogP contribution in [0.15, 0.2) is 45.3 Å². The topological polar surface area (TPSA) is 44.0 Å². The van der Waals surface area contributed by atoms with Gasteiger partial charge in [-0.2, -0.15) is 0 Å². The van der Waals surface area contributed by atoms with Crippen LogP contribution >= 0.6 is 11.3 Å². The van der Waals surface area contributed by atoms with Crippen LogP contribution in [0.5, 0.6) is 0 Å². The van der Waals surface area contributed by atoms with Crippen molar-refractivity contribution in [2.45, 2.75) is 31.7 Å². The molecule has 0 spiro atoms. The molecule has 3 heterocycles. The SMILES string of the molecule is CN=C(NCC(c1ccco1)N1CCCCC1)N(C)CCc1cccs1. The number of hydrogen-bond donors (Lipinski definition) is 1. The molecular weight excluding hydrogens is 344 g/mol. The molecule has 6 heteroatoms. The van der Waals surface area contributed by atoms with Crippen LogP contribution in [0.25, 0.3) is 0 Å². The summed E-state index contributed by atoms with van der Waals surface area (Å²) in [6.07, 6.45) is 6.69. The van der Waals surface area contributed by atoms with Crippen LogP contribution in [0.1, 0.15) is 35.9 Å². The quantitative estimate of drug-likeness (QED) is 0.594. The molecule has 0 aliphatic carbocycles. The second kappa shape index (κ2) is 9.78. The zero-order valence-corrected chi connectivity index (χ0v) is 16.7. The Kier molecular flexibility index (Phi) is 7.14. The Bertz CT molecular complexity index is 647. The summed E-state index contributed by atoms with van der Waals surface area (Å²) in [5.74, 6) is 1.98. The molecule has 142 valence electrons. The second-order valence-corrected chi connectivity index (χ2v) is 7.84. The summed E-state index contributed by atoms with van der Waals surface area (Å²) in [7, 11) is 3.96. The standard InChI is InChI=1S/C20H30N4OS/c1-21-20(23(2)13-10-17-8-7-15-26-17)22-16-18(19-9-6-14-25-19)24-11-4-3-5-12-24/h6-9,14-15,18H,3-5,10-13,16H2,1-2H3,(H,21,22). The fourth-order valence-electron chi connectivity index (χ4n) is 3.53. The Morgan fingerprint density at radius 3 is 2.81 bits per heavy atom. The predicted molar refractivity (Wildman–Crippen MR) is 109 cm³/mol. The molecule has 5 nitrogen and oxygen atoms in total. The molecule has 0 amide bonds. The normalized spacial score (nSPS) is 17.2. The minimum Gasteiger partial charge on any atom is -0.468 e. The number of nitrogens with zero attached hydrogens (tertiary/aromatic N) is 3. The molecular formula is C20H30N4OS. The molecule has 1 atom stereocenters. The third kappa shape index (κ3) is 5.11. The van der Waals surface area contributed by atoms with Crippen molar-refractivity contribution in [3.63, 3.8) is 0 Å². The lowest BCUT2D eigenvalue weighted by atomic mass is 10.1. The highest BCUT2D eigenvalue weighted by atomic mass is 32.1. The van der Waals surface area contributed by atoms with E-state index >= 15 is 0 Å². The first-order valence-corrected chi connectivity index (χ1v) is 10.4. The molecule has 1 fully saturated rings. The number of likely N-dealkylation sites (N-methyl/N-ethyl adjacent to an activating group) is 1. The maximum Gasteiger partial charge on any atom is 0.193 e. The van der Waals surface area contributed by atoms with E-state index in [2.05, 4.69) is 50.7 Å². The molecule has 0 aromatic carbocycles. The van der Waals surface area contributed by atoms with E-state index < -0.39 is 0 Å². The van der Waals surface area contributed by atoms with E-state index in [0.29, 0.717) is 0 Å². The summed E-state index contributed by atoms with van der Waals surface area (Å²) >= 11 is 1.81. The highest BCUT2D eigenvalue weighted by Gasteiger charge is 2.25. The van der Waals surface area contributed by atoms with Gasteiger partial charge in [0.15, 0.2) is 5.96 Å². The smallest absolute Gasteiger partial charge is 0.193 e. The fourth-order valence-corrected chi connectivity index (χ4v) is 4.23. The third-order valence-corrected chi connectivity index (χ3v) is 5.94. The lowest BCUT2D eigenvalue weighted by Gasteiger charge is -2.34. The Balaban J connectivity index is 1.57. The first kappa shape index (κ1) is 19.0. The van der Waals surface area contributed by atoms with Crippen molar-refractivity contribution < 1.29 is 4.42 Å². The van der Waals surface area contributed by atoms with Gasteiger partial charge >= 0.3 is 0 Å². The molecule has 3 rings (SSSR count). The van der Waals surface area contributed by atoms with Crippen LogP contribution in [0.4, 0.5) is 0 Å². The van der Waals surface area contributed by atoms with E-state index in [1.165, 1.54) is 24.1 Å². The molecule has 1 aliphatic heterocycles. The summed E-state index contributed by atoms with van der Waals surface area (Å²) in [4.78, 5) is 10.6. The van der Waals surface area contributed by atoms with E-state index in [9.17, 15) is 0 Å². The van der Waals surface area contributed by atoms with Gasteiger partial charge in [0.05, 0.1) is 12.3 Å². The predicted octanol–water partition coefficient (Wildman–Crippen LogP) is 3.62. The molecule has 26 heavy (non-hydrogen) atoms. The maximum absolute atomic E-state index is 5.74. The lowest BCUT2D eigenvalue weighted by molar-refractivity contribution is 0.146. The molecule has 2 aromatic heterocycles. The van der Waals surface area contributed by atoms with E-state index in [0.717, 1.165) is 44.3 Å². The lowest BCUT2D eigenvalue weighted by Crippen LogP contribution is -2.45. The van der Waals surface area contributed by atoms with Gasteiger partial charge < -0.3 is 14.6 Å². The van der Waals surface area contributed by atoms with Gasteiger partial charge in [-0.3, -0.25) is 9.89 Å². The molecule has 1 unspecified atom stereocenters. The number of furan rings is 1. The molecule has 0 bridgehead atoms. The average Bonchev–Trinajstić information content (AvgIpc) is 3.38. The minimum absolute atomic E-state index is 0.257. The van der Waals surface area contributed by atoms with Crippen LogP contribution in [0.2, 0.25) is 0 Å². The van der Waals surface area contributed by atoms with E-state index in [1.807, 2.05) is 24.5 Å². The van der Waals surface area contributed by atoms with E-state index in [1.54, 1.807) is 6.26 Å². The molecule has 1 aliphatic rings. The number of likely N-dealkylation sites (tertiary alicyclic amines) is 1. The summed E-state index contributed by atoms with van der Waals surface area (Å²) in [6.45, 7) is 4.04. The monoisotopic (exact) mass is 374 g/mol. The van der Waals surface area contributed by atoms with Gasteiger partial charge in [-0.25, -0.2) is 0 Å². The second-order valence-electron chi connectivity index (χ2n) is 6.81. The van der Waals surface area contributed by atoms with Crippen molar-refractivity contribution >= 4 is 17.3 Å². The largest absolute Gasteiger partial charge is 0.468 e. The number of guanidine groups is 1. The summed E-state index contributed by atoms with van der Waals surface area (Å²) in [6, 6.07) is 8.63. The van der Waals surface area contributed by atoms with Crippen molar-refractivity contribution in [2.75, 3.05) is 40.3 Å². The first-order chi connectivity index (χ1) is 12.8. The summed E-state index contributed by atoms with van der Waals surface area (Å²) in [5.41, 5.74) is 0. The van der Waals surface area contributed by atoms with Crippen molar-refractivity contribution in [2.24, 2.45) is 4.99 Å². The highest BCUT2D eigenvalue weighted by molar-refractivity contribution is 7.09. The van der Waals surface area contributed by atoms with Gasteiger partial charge in [0.1, 0.15) is 5.76 Å². The van der Waals surface area contributed by atoms with Crippen molar-refractivity contribution in [1.29, 1.82) is 0 Å². The molecule has 1 N–H and O–H groups in total. The van der Waals surface area contributed by atoms with E-state index in [-0.39, 0.29) is 6.04 Å². The first-order valence-electron chi connectivity index (χ1n) is 9.49. The maximum atomic E-state index is 5.74. The Morgan fingerprint density at radius 2 is 2.15 bits per heavy atom. The van der Waals surface area contributed by atoms with Gasteiger partial charge in [-0.05, 0) is 55.9 Å². The number of piperidine rings is 1. The molecule has 1 saturated heterocycles. The highest BCUT2D eigenvalue weighted by Crippen LogP contribution is 2.24. The Morgan fingerprint density at radius 1 is 1.31 bits per heavy atom. The number of nitrogens with one attached hydrogen (secondary N) is 1. The summed E-state index contributed by atoms with van der Waals surface area (Å²) in [5, 5.41) is 5.70. The van der Waals surface area contributed by atoms with Crippen molar-refractivity contribution in [3.8, 4) is 0 Å². The number of thiophene rings is 1. The minimum atomic E-state index is 0.257. The van der Waals surface area contributed by atoms with E-state index in [4.69, 9.17) is 4.42 Å². The van der Waals surface area contributed by atoms with Crippen molar-refractivity contribution in [1.82, 2.24) is 15.1 Å². The Labute approximate surface area is 160 Å². The van der Waals surface area contributed by atoms with Crippen LogP contribution < -0.4 is 5.32 Å². The summed E-state index contributed by atoms with van der Waals surface area (Å²) < 4.78 is 5.74. The number of aliphatic imine (C=N–C) groups is 1. The van der Waals surface area contributed by atoms with Crippen LogP contribution in [0, 0.1) is 0 Å². The Hall–Kier alpha value is -1.79. The van der Waals surface area contributed by atoms with Crippen LogP contribution in [-0.2, 0) is 6.42 Å². The van der Waals surface area contributed by atoms with Crippen LogP contribution in [-0.4, -0.2) is 56.0 Å². The van der Waals surface area contributed by atoms with Crippen LogP contribution in [0.3, 0.4) is 0 Å². The molecule has 0 radical (unpaired) electrons. The van der Waals surface area contributed by atoms with Crippen molar-refractivity contribution in [3.05, 3.63) is 46.5 Å². The van der Waals surface area contributed by atoms with Gasteiger partial charge in [0, 0.05) is 32.1 Å². The molecule has 2 aromatic rings. The third-order valence-electron chi connectivity index (χ3n) is 5.00. The zero-order chi connectivity index (χ0) is 18.2. The number of rotatable bonds is 7.